The van der Waals surface area contributed by atoms with Gasteiger partial charge in [0.15, 0.2) is 0 Å². The molecule has 5 N–H and O–H groups in total. The summed E-state index contributed by atoms with van der Waals surface area (Å²) in [6, 6.07) is 14.4. The summed E-state index contributed by atoms with van der Waals surface area (Å²) in [5.41, 5.74) is 3.87. The third kappa shape index (κ3) is 6.55. The van der Waals surface area contributed by atoms with Crippen LogP contribution in [0.2, 0.25) is 0 Å². The van der Waals surface area contributed by atoms with Crippen LogP contribution in [0.15, 0.2) is 59.5 Å². The van der Waals surface area contributed by atoms with Gasteiger partial charge in [0.2, 0.25) is 5.91 Å². The number of unbranched alkanes of at least 4 members (excludes halogenated alkanes) is 2. The molecule has 10 heteroatoms. The number of nitrogens with one attached hydrogen (secondary N) is 3. The van der Waals surface area contributed by atoms with Crippen LogP contribution in [-0.2, 0) is 19.6 Å². The van der Waals surface area contributed by atoms with Gasteiger partial charge in [0.25, 0.3) is 15.9 Å². The molecule has 0 heterocycles. The normalized spacial score (nSPS) is 12.1. The van der Waals surface area contributed by atoms with Gasteiger partial charge in [-0.25, -0.2) is 19.4 Å². The molecule has 30 heavy (non-hydrogen) atoms. The van der Waals surface area contributed by atoms with Gasteiger partial charge >= 0.3 is 0 Å². The first kappa shape index (κ1) is 23.3. The zero-order valence-electron chi connectivity index (χ0n) is 16.2. The Morgan fingerprint density at radius 3 is 2.20 bits per heavy atom. The number of carbonyl (C=O) groups is 2. The van der Waals surface area contributed by atoms with Gasteiger partial charge in [-0.15, -0.1) is 0 Å². The number of para-hydroxylation sites is 1. The molecular formula is C20H25N3O6S. The molecule has 0 spiro atoms. The maximum absolute atomic E-state index is 12.7. The van der Waals surface area contributed by atoms with Gasteiger partial charge in [-0.1, -0.05) is 49.2 Å². The maximum atomic E-state index is 12.7. The van der Waals surface area contributed by atoms with Crippen molar-refractivity contribution in [2.45, 2.75) is 42.9 Å². The Bertz CT molecular complexity index is 950. The van der Waals surface area contributed by atoms with Gasteiger partial charge in [-0.3, -0.25) is 24.7 Å². The van der Waals surface area contributed by atoms with Crippen molar-refractivity contribution in [3.8, 4) is 0 Å². The first-order valence-electron chi connectivity index (χ1n) is 9.42. The summed E-state index contributed by atoms with van der Waals surface area (Å²) in [5.74, 6) is -1.94. The minimum Gasteiger partial charge on any atom is -0.289 e. The molecule has 162 valence electrons. The molecule has 0 saturated carbocycles. The molecule has 0 aliphatic rings. The lowest BCUT2D eigenvalue weighted by atomic mass is 9.91. The number of sulfonamides is 1. The highest BCUT2D eigenvalue weighted by Gasteiger charge is 2.25. The maximum Gasteiger partial charge on any atom is 0.261 e. The van der Waals surface area contributed by atoms with E-state index in [-0.39, 0.29) is 17.0 Å². The number of anilines is 1. The Kier molecular flexibility index (Phi) is 8.78. The minimum absolute atomic E-state index is 0.0881. The van der Waals surface area contributed by atoms with Crippen LogP contribution >= 0.6 is 0 Å². The molecule has 0 saturated heterocycles. The van der Waals surface area contributed by atoms with Crippen LogP contribution in [0.25, 0.3) is 0 Å². The van der Waals surface area contributed by atoms with E-state index in [0.29, 0.717) is 31.2 Å². The number of benzene rings is 2. The van der Waals surface area contributed by atoms with Crippen LogP contribution in [0, 0.1) is 0 Å². The molecule has 0 radical (unpaired) electrons. The summed E-state index contributed by atoms with van der Waals surface area (Å²) < 4.78 is 27.9. The van der Waals surface area contributed by atoms with E-state index in [1.54, 1.807) is 53.4 Å². The number of carbonyl (C=O) groups excluding carboxylic acids is 2. The molecule has 2 rings (SSSR count). The predicted molar refractivity (Wildman–Crippen MR) is 109 cm³/mol. The zero-order valence-corrected chi connectivity index (χ0v) is 17.1. The molecule has 1 unspecified atom stereocenters. The van der Waals surface area contributed by atoms with Crippen molar-refractivity contribution in [2.75, 3.05) is 4.72 Å². The van der Waals surface area contributed by atoms with Gasteiger partial charge in [0, 0.05) is 6.42 Å². The van der Waals surface area contributed by atoms with Crippen LogP contribution in [-0.4, -0.2) is 30.6 Å². The molecule has 1 atom stereocenters. The van der Waals surface area contributed by atoms with Gasteiger partial charge < -0.3 is 0 Å². The standard InChI is InChI=1S/C20H25N3O6S/c24-19(21-26)14-6-2-5-12-17(20(25)22-27)16-11-7-8-13-18(16)23-30(28,29)15-9-3-1-4-10-15/h1,3-4,7-11,13,17,23,26-27H,2,5-6,12,14H2,(H,21,24)(H,22,25). The largest absolute Gasteiger partial charge is 0.289 e. The minimum atomic E-state index is -3.86. The van der Waals surface area contributed by atoms with E-state index >= 15 is 0 Å². The third-order valence-corrected chi connectivity index (χ3v) is 5.96. The number of rotatable bonds is 11. The van der Waals surface area contributed by atoms with E-state index in [9.17, 15) is 18.0 Å². The molecule has 0 aliphatic carbocycles. The second-order valence-corrected chi connectivity index (χ2v) is 8.35. The van der Waals surface area contributed by atoms with Gasteiger partial charge in [-0.05, 0) is 36.6 Å². The quantitative estimate of drug-likeness (QED) is 0.208. The molecule has 0 aliphatic heterocycles. The second kappa shape index (κ2) is 11.3. The molecular weight excluding hydrogens is 410 g/mol. The van der Waals surface area contributed by atoms with Crippen molar-refractivity contribution in [1.82, 2.24) is 11.0 Å². The van der Waals surface area contributed by atoms with E-state index in [1.807, 2.05) is 0 Å². The highest BCUT2D eigenvalue weighted by atomic mass is 32.2. The van der Waals surface area contributed by atoms with Crippen molar-refractivity contribution in [3.05, 3.63) is 60.2 Å². The summed E-state index contributed by atoms with van der Waals surface area (Å²) >= 11 is 0. The van der Waals surface area contributed by atoms with Gasteiger partial charge in [-0.2, -0.15) is 0 Å². The van der Waals surface area contributed by atoms with Crippen molar-refractivity contribution in [1.29, 1.82) is 0 Å². The molecule has 0 fully saturated rings. The number of amides is 2. The SMILES string of the molecule is O=C(CCCCCC(C(=O)NO)c1ccccc1NS(=O)(=O)c1ccccc1)NO. The molecule has 2 amide bonds. The highest BCUT2D eigenvalue weighted by Crippen LogP contribution is 2.31. The Balaban J connectivity index is 2.17. The van der Waals surface area contributed by atoms with E-state index in [2.05, 4.69) is 4.72 Å². The molecule has 0 aromatic heterocycles. The van der Waals surface area contributed by atoms with Crippen LogP contribution in [0.3, 0.4) is 0 Å². The smallest absolute Gasteiger partial charge is 0.261 e. The van der Waals surface area contributed by atoms with E-state index in [0.717, 1.165) is 0 Å². The summed E-state index contributed by atoms with van der Waals surface area (Å²) in [6.45, 7) is 0. The van der Waals surface area contributed by atoms with Crippen molar-refractivity contribution < 1.29 is 28.4 Å². The number of hydrogen-bond acceptors (Lipinski definition) is 6. The molecule has 9 nitrogen and oxygen atoms in total. The second-order valence-electron chi connectivity index (χ2n) is 6.67. The number of hydroxylamine groups is 2. The first-order chi connectivity index (χ1) is 14.4. The molecule has 2 aromatic rings. The summed E-state index contributed by atoms with van der Waals surface area (Å²) in [5, 5.41) is 17.7. The van der Waals surface area contributed by atoms with E-state index in [4.69, 9.17) is 10.4 Å². The Morgan fingerprint density at radius 1 is 0.867 bits per heavy atom. The van der Waals surface area contributed by atoms with E-state index < -0.39 is 27.8 Å². The van der Waals surface area contributed by atoms with Crippen LogP contribution in [0.5, 0.6) is 0 Å². The Morgan fingerprint density at radius 2 is 1.53 bits per heavy atom. The summed E-state index contributed by atoms with van der Waals surface area (Å²) in [4.78, 5) is 23.4. The lowest BCUT2D eigenvalue weighted by Gasteiger charge is -2.20. The fraction of sp³-hybridized carbons (Fsp3) is 0.300. The predicted octanol–water partition coefficient (Wildman–Crippen LogP) is 2.53. The van der Waals surface area contributed by atoms with Crippen LogP contribution in [0.4, 0.5) is 5.69 Å². The van der Waals surface area contributed by atoms with Gasteiger partial charge in [0.1, 0.15) is 0 Å². The fourth-order valence-electron chi connectivity index (χ4n) is 3.07. The lowest BCUT2D eigenvalue weighted by molar-refractivity contribution is -0.131. The Hall–Kier alpha value is -2.95. The lowest BCUT2D eigenvalue weighted by Crippen LogP contribution is -2.27. The fourth-order valence-corrected chi connectivity index (χ4v) is 4.18. The Labute approximate surface area is 175 Å². The monoisotopic (exact) mass is 435 g/mol. The summed E-state index contributed by atoms with van der Waals surface area (Å²) in [7, 11) is -3.86. The average Bonchev–Trinajstić information content (AvgIpc) is 2.76. The average molecular weight is 436 g/mol. The van der Waals surface area contributed by atoms with Crippen LogP contribution in [0.1, 0.15) is 43.6 Å². The zero-order chi connectivity index (χ0) is 22.0. The van der Waals surface area contributed by atoms with Crippen molar-refractivity contribution >= 4 is 27.5 Å². The molecule has 0 bridgehead atoms. The van der Waals surface area contributed by atoms with Gasteiger partial charge in [0.05, 0.1) is 16.5 Å². The summed E-state index contributed by atoms with van der Waals surface area (Å²) in [6.07, 6.45) is 2.16. The first-order valence-corrected chi connectivity index (χ1v) is 10.9. The highest BCUT2D eigenvalue weighted by molar-refractivity contribution is 7.92. The number of hydrogen-bond donors (Lipinski definition) is 5. The molecule has 2 aromatic carbocycles. The topological polar surface area (TPSA) is 145 Å². The van der Waals surface area contributed by atoms with E-state index in [1.165, 1.54) is 12.1 Å². The van der Waals surface area contributed by atoms with Crippen LogP contribution < -0.4 is 15.7 Å². The van der Waals surface area contributed by atoms with Crippen molar-refractivity contribution in [3.63, 3.8) is 0 Å². The van der Waals surface area contributed by atoms with Crippen molar-refractivity contribution in [2.24, 2.45) is 0 Å². The third-order valence-electron chi connectivity index (χ3n) is 4.58.